The van der Waals surface area contributed by atoms with Crippen LogP contribution in [0.3, 0.4) is 0 Å². The van der Waals surface area contributed by atoms with Crippen LogP contribution in [0.4, 0.5) is 28.9 Å². The van der Waals surface area contributed by atoms with Crippen molar-refractivity contribution < 1.29 is 27.2 Å². The molecule has 0 bridgehead atoms. The lowest BCUT2D eigenvalue weighted by Crippen LogP contribution is -2.43. The molecule has 0 aliphatic carbocycles. The van der Waals surface area contributed by atoms with E-state index in [1.54, 1.807) is 6.92 Å². The second kappa shape index (κ2) is 7.53. The average Bonchev–Trinajstić information content (AvgIpc) is 3.15. The van der Waals surface area contributed by atoms with Gasteiger partial charge in [0.2, 0.25) is 0 Å². The monoisotopic (exact) mass is 432 g/mol. The van der Waals surface area contributed by atoms with Gasteiger partial charge in [-0.2, -0.15) is 18.3 Å². The topological polar surface area (TPSA) is 67.2 Å². The molecule has 1 aromatic heterocycles. The summed E-state index contributed by atoms with van der Waals surface area (Å²) in [6, 6.07) is 9.33. The number of carbonyl (C=O) groups excluding carboxylic acids is 2. The van der Waals surface area contributed by atoms with Gasteiger partial charge in [0, 0.05) is 12.2 Å². The normalized spacial score (nSPS) is 16.2. The molecule has 4 rings (SSSR count). The zero-order chi connectivity index (χ0) is 22.3. The van der Waals surface area contributed by atoms with Gasteiger partial charge in [-0.05, 0) is 43.3 Å². The van der Waals surface area contributed by atoms with Gasteiger partial charge < -0.3 is 10.2 Å². The van der Waals surface area contributed by atoms with Crippen molar-refractivity contribution in [1.29, 1.82) is 0 Å². The third-order valence-electron chi connectivity index (χ3n) is 4.98. The van der Waals surface area contributed by atoms with Crippen LogP contribution in [0.15, 0.2) is 54.7 Å². The number of rotatable bonds is 3. The summed E-state index contributed by atoms with van der Waals surface area (Å²) in [5.74, 6) is -2.01. The molecule has 160 valence electrons. The van der Waals surface area contributed by atoms with Gasteiger partial charge in [0.05, 0.1) is 29.1 Å². The Labute approximate surface area is 174 Å². The van der Waals surface area contributed by atoms with E-state index >= 15 is 0 Å². The van der Waals surface area contributed by atoms with Crippen LogP contribution in [0, 0.1) is 5.82 Å². The van der Waals surface area contributed by atoms with E-state index in [0.717, 1.165) is 18.2 Å². The smallest absolute Gasteiger partial charge is 0.319 e. The van der Waals surface area contributed by atoms with Gasteiger partial charge in [0.25, 0.3) is 11.8 Å². The highest BCUT2D eigenvalue weighted by atomic mass is 19.4. The second-order valence-corrected chi connectivity index (χ2v) is 7.09. The molecule has 0 fully saturated rings. The number of hydrogen-bond acceptors (Lipinski definition) is 3. The molecule has 1 aliphatic rings. The number of anilines is 2. The lowest BCUT2D eigenvalue weighted by Gasteiger charge is -2.32. The third kappa shape index (κ3) is 3.76. The summed E-state index contributed by atoms with van der Waals surface area (Å²) in [6.45, 7) is 1.96. The summed E-state index contributed by atoms with van der Waals surface area (Å²) < 4.78 is 53.9. The first-order valence-corrected chi connectivity index (χ1v) is 9.29. The fourth-order valence-corrected chi connectivity index (χ4v) is 3.44. The molecule has 0 spiro atoms. The Morgan fingerprint density at radius 1 is 1.13 bits per heavy atom. The molecule has 1 aliphatic heterocycles. The van der Waals surface area contributed by atoms with Gasteiger partial charge in [-0.25, -0.2) is 4.39 Å². The first kappa shape index (κ1) is 20.6. The van der Waals surface area contributed by atoms with Crippen molar-refractivity contribution in [2.45, 2.75) is 19.1 Å². The minimum Gasteiger partial charge on any atom is -0.319 e. The molecule has 0 saturated carbocycles. The van der Waals surface area contributed by atoms with E-state index in [4.69, 9.17) is 0 Å². The lowest BCUT2D eigenvalue weighted by molar-refractivity contribution is -0.137. The number of nitrogens with zero attached hydrogens (tertiary/aromatic N) is 3. The predicted molar refractivity (Wildman–Crippen MR) is 104 cm³/mol. The summed E-state index contributed by atoms with van der Waals surface area (Å²) in [4.78, 5) is 26.9. The zero-order valence-corrected chi connectivity index (χ0v) is 16.2. The maximum atomic E-state index is 13.9. The zero-order valence-electron chi connectivity index (χ0n) is 16.2. The van der Waals surface area contributed by atoms with Gasteiger partial charge in [-0.1, -0.05) is 12.1 Å². The summed E-state index contributed by atoms with van der Waals surface area (Å²) in [5, 5.41) is 6.64. The number of fused-ring (bicyclic) bond motifs is 1. The minimum absolute atomic E-state index is 0.0586. The summed E-state index contributed by atoms with van der Waals surface area (Å²) in [6.07, 6.45) is -3.20. The van der Waals surface area contributed by atoms with E-state index in [-0.39, 0.29) is 35.2 Å². The summed E-state index contributed by atoms with van der Waals surface area (Å²) >= 11 is 0. The number of benzene rings is 2. The molecule has 1 N–H and O–H groups in total. The molecule has 0 radical (unpaired) electrons. The number of aromatic nitrogens is 2. The van der Waals surface area contributed by atoms with E-state index in [9.17, 15) is 27.2 Å². The highest BCUT2D eigenvalue weighted by Gasteiger charge is 2.35. The summed E-state index contributed by atoms with van der Waals surface area (Å²) in [5.41, 5.74) is -0.594. The molecule has 31 heavy (non-hydrogen) atoms. The van der Waals surface area contributed by atoms with E-state index < -0.39 is 29.4 Å². The van der Waals surface area contributed by atoms with E-state index in [0.29, 0.717) is 0 Å². The molecule has 0 saturated heterocycles. The van der Waals surface area contributed by atoms with Crippen LogP contribution in [0.2, 0.25) is 0 Å². The lowest BCUT2D eigenvalue weighted by atomic mass is 10.1. The van der Waals surface area contributed by atoms with Gasteiger partial charge in [0.15, 0.2) is 5.69 Å². The largest absolute Gasteiger partial charge is 0.416 e. The maximum absolute atomic E-state index is 13.9. The average molecular weight is 432 g/mol. The van der Waals surface area contributed by atoms with Crippen molar-refractivity contribution in [3.05, 3.63) is 77.4 Å². The third-order valence-corrected chi connectivity index (χ3v) is 4.98. The fraction of sp³-hybridized carbons (Fsp3) is 0.190. The van der Waals surface area contributed by atoms with Crippen LogP contribution in [0.5, 0.6) is 0 Å². The van der Waals surface area contributed by atoms with Crippen molar-refractivity contribution in [1.82, 2.24) is 9.78 Å². The van der Waals surface area contributed by atoms with Gasteiger partial charge in [-0.15, -0.1) is 0 Å². The summed E-state index contributed by atoms with van der Waals surface area (Å²) in [7, 11) is 0. The molecular weight excluding hydrogens is 416 g/mol. The van der Waals surface area contributed by atoms with Crippen molar-refractivity contribution in [3.63, 3.8) is 0 Å². The standard InChI is InChI=1S/C21H16F4N4O2/c1-12-11-28(14-8-6-13(7-9-14)21(23,24)25)20(31)18-17(10-26-29(12)18)27-19(30)15-4-2-3-5-16(15)22/h2-10,12H,11H2,1H3,(H,27,30)/t12-/m0/s1. The van der Waals surface area contributed by atoms with Gasteiger partial charge in [-0.3, -0.25) is 14.3 Å². The van der Waals surface area contributed by atoms with Crippen LogP contribution >= 0.6 is 0 Å². The van der Waals surface area contributed by atoms with Crippen molar-refractivity contribution in [3.8, 4) is 0 Å². The first-order valence-electron chi connectivity index (χ1n) is 9.29. The first-order chi connectivity index (χ1) is 14.7. The second-order valence-electron chi connectivity index (χ2n) is 7.09. The van der Waals surface area contributed by atoms with E-state index in [1.165, 1.54) is 46.1 Å². The van der Waals surface area contributed by atoms with Crippen LogP contribution in [0.1, 0.15) is 39.4 Å². The van der Waals surface area contributed by atoms with Crippen molar-refractivity contribution >= 4 is 23.2 Å². The molecule has 6 nitrogen and oxygen atoms in total. The van der Waals surface area contributed by atoms with Crippen molar-refractivity contribution in [2.75, 3.05) is 16.8 Å². The molecule has 0 unspecified atom stereocenters. The maximum Gasteiger partial charge on any atom is 0.416 e. The Morgan fingerprint density at radius 2 is 1.81 bits per heavy atom. The Hall–Kier alpha value is -3.69. The number of nitrogens with one attached hydrogen (secondary N) is 1. The Balaban J connectivity index is 1.64. The minimum atomic E-state index is -4.49. The van der Waals surface area contributed by atoms with Crippen LogP contribution in [-0.2, 0) is 6.18 Å². The number of carbonyl (C=O) groups is 2. The molecule has 3 aromatic rings. The van der Waals surface area contributed by atoms with Gasteiger partial charge in [0.1, 0.15) is 5.82 Å². The SMILES string of the molecule is C[C@H]1CN(c2ccc(C(F)(F)F)cc2)C(=O)c2c(NC(=O)c3ccccc3F)cnn21. The molecule has 2 amide bonds. The molecule has 2 heterocycles. The van der Waals surface area contributed by atoms with Crippen LogP contribution in [0.25, 0.3) is 0 Å². The highest BCUT2D eigenvalue weighted by molar-refractivity contribution is 6.13. The fourth-order valence-electron chi connectivity index (χ4n) is 3.44. The number of alkyl halides is 3. The Bertz CT molecular complexity index is 1150. The number of hydrogen-bond donors (Lipinski definition) is 1. The Kier molecular flexibility index (Phi) is 5.00. The number of amides is 2. The molecule has 2 aromatic carbocycles. The van der Waals surface area contributed by atoms with Crippen molar-refractivity contribution in [2.24, 2.45) is 0 Å². The molecule has 1 atom stereocenters. The quantitative estimate of drug-likeness (QED) is 0.619. The van der Waals surface area contributed by atoms with Crippen LogP contribution < -0.4 is 10.2 Å². The predicted octanol–water partition coefficient (Wildman–Crippen LogP) is 4.51. The van der Waals surface area contributed by atoms with Crippen LogP contribution in [-0.4, -0.2) is 28.1 Å². The van der Waals surface area contributed by atoms with E-state index in [1.807, 2.05) is 0 Å². The highest BCUT2D eigenvalue weighted by Crippen LogP contribution is 2.33. The molecular formula is C21H16F4N4O2. The number of halogens is 4. The van der Waals surface area contributed by atoms with Gasteiger partial charge >= 0.3 is 6.18 Å². The molecule has 10 heteroatoms. The Morgan fingerprint density at radius 3 is 2.45 bits per heavy atom. The van der Waals surface area contributed by atoms with E-state index in [2.05, 4.69) is 10.4 Å².